The standard InChI is InChI=1S/C11H13ClN2O2/c1-2-8-3-5-9(6-4-8)13-11(16)14-10(15)7-12/h3-6H,2,7H2,1H3,(H2,13,14,15,16). The van der Waals surface area contributed by atoms with E-state index in [1.807, 2.05) is 19.1 Å². The van der Waals surface area contributed by atoms with Gasteiger partial charge in [0, 0.05) is 5.69 Å². The minimum Gasteiger partial charge on any atom is -0.308 e. The molecule has 16 heavy (non-hydrogen) atoms. The zero-order valence-corrected chi connectivity index (χ0v) is 9.67. The highest BCUT2D eigenvalue weighted by atomic mass is 35.5. The maximum Gasteiger partial charge on any atom is 0.325 e. The van der Waals surface area contributed by atoms with Crippen LogP contribution in [0.2, 0.25) is 0 Å². The van der Waals surface area contributed by atoms with E-state index >= 15 is 0 Å². The summed E-state index contributed by atoms with van der Waals surface area (Å²) in [6, 6.07) is 6.82. The molecule has 0 unspecified atom stereocenters. The van der Waals surface area contributed by atoms with E-state index < -0.39 is 11.9 Å². The van der Waals surface area contributed by atoms with Crippen molar-refractivity contribution in [2.24, 2.45) is 0 Å². The molecule has 0 aliphatic rings. The molecule has 4 nitrogen and oxygen atoms in total. The molecule has 86 valence electrons. The highest BCUT2D eigenvalue weighted by Gasteiger charge is 2.05. The van der Waals surface area contributed by atoms with Gasteiger partial charge in [0.15, 0.2) is 0 Å². The third-order valence-electron chi connectivity index (χ3n) is 1.99. The first-order valence-electron chi connectivity index (χ1n) is 4.91. The molecule has 0 fully saturated rings. The van der Waals surface area contributed by atoms with Gasteiger partial charge in [-0.1, -0.05) is 19.1 Å². The number of nitrogens with one attached hydrogen (secondary N) is 2. The van der Waals surface area contributed by atoms with Crippen molar-refractivity contribution in [3.05, 3.63) is 29.8 Å². The molecule has 1 aromatic carbocycles. The van der Waals surface area contributed by atoms with Gasteiger partial charge in [-0.15, -0.1) is 11.6 Å². The van der Waals surface area contributed by atoms with Crippen molar-refractivity contribution in [3.63, 3.8) is 0 Å². The first-order chi connectivity index (χ1) is 7.65. The van der Waals surface area contributed by atoms with Gasteiger partial charge < -0.3 is 5.32 Å². The van der Waals surface area contributed by atoms with E-state index in [9.17, 15) is 9.59 Å². The van der Waals surface area contributed by atoms with Gasteiger partial charge in [0.1, 0.15) is 5.88 Å². The SMILES string of the molecule is CCc1ccc(NC(=O)NC(=O)CCl)cc1. The number of amides is 3. The molecule has 0 radical (unpaired) electrons. The lowest BCUT2D eigenvalue weighted by atomic mass is 10.1. The Hall–Kier alpha value is -1.55. The Morgan fingerprint density at radius 1 is 1.25 bits per heavy atom. The van der Waals surface area contributed by atoms with Gasteiger partial charge in [-0.05, 0) is 24.1 Å². The molecule has 5 heteroatoms. The third-order valence-corrected chi connectivity index (χ3v) is 2.24. The number of aryl methyl sites for hydroxylation is 1. The van der Waals surface area contributed by atoms with Crippen LogP contribution in [0, 0.1) is 0 Å². The first kappa shape index (κ1) is 12.5. The van der Waals surface area contributed by atoms with E-state index in [0.717, 1.165) is 6.42 Å². The summed E-state index contributed by atoms with van der Waals surface area (Å²) in [4.78, 5) is 22.0. The Labute approximate surface area is 99.0 Å². The quantitative estimate of drug-likeness (QED) is 0.796. The Kier molecular flexibility index (Phi) is 4.79. The van der Waals surface area contributed by atoms with Crippen molar-refractivity contribution in [1.29, 1.82) is 0 Å². The molecule has 1 rings (SSSR count). The molecule has 0 aliphatic heterocycles. The van der Waals surface area contributed by atoms with Crippen molar-refractivity contribution < 1.29 is 9.59 Å². The topological polar surface area (TPSA) is 58.2 Å². The third kappa shape index (κ3) is 3.90. The molecular formula is C11H13ClN2O2. The second-order valence-electron chi connectivity index (χ2n) is 3.19. The van der Waals surface area contributed by atoms with Gasteiger partial charge in [0.2, 0.25) is 5.91 Å². The monoisotopic (exact) mass is 240 g/mol. The van der Waals surface area contributed by atoms with Gasteiger partial charge in [0.05, 0.1) is 0 Å². The Bertz CT molecular complexity index is 376. The van der Waals surface area contributed by atoms with Crippen LogP contribution in [-0.4, -0.2) is 17.8 Å². The molecule has 0 saturated heterocycles. The van der Waals surface area contributed by atoms with Gasteiger partial charge in [-0.2, -0.15) is 0 Å². The van der Waals surface area contributed by atoms with Crippen LogP contribution in [0.25, 0.3) is 0 Å². The number of carbonyl (C=O) groups excluding carboxylic acids is 2. The fourth-order valence-electron chi connectivity index (χ4n) is 1.15. The molecule has 0 spiro atoms. The zero-order chi connectivity index (χ0) is 12.0. The van der Waals surface area contributed by atoms with E-state index in [2.05, 4.69) is 10.6 Å². The van der Waals surface area contributed by atoms with E-state index in [1.165, 1.54) is 5.56 Å². The number of imide groups is 1. The lowest BCUT2D eigenvalue weighted by Crippen LogP contribution is -2.35. The fraction of sp³-hybridized carbons (Fsp3) is 0.273. The van der Waals surface area contributed by atoms with Crippen molar-refractivity contribution in [2.75, 3.05) is 11.2 Å². The van der Waals surface area contributed by atoms with Crippen LogP contribution in [-0.2, 0) is 11.2 Å². The van der Waals surface area contributed by atoms with Crippen LogP contribution >= 0.6 is 11.6 Å². The van der Waals surface area contributed by atoms with E-state index in [4.69, 9.17) is 11.6 Å². The number of halogens is 1. The van der Waals surface area contributed by atoms with E-state index in [-0.39, 0.29) is 5.88 Å². The highest BCUT2D eigenvalue weighted by molar-refractivity contribution is 6.28. The molecule has 0 saturated carbocycles. The second-order valence-corrected chi connectivity index (χ2v) is 3.45. The largest absolute Gasteiger partial charge is 0.325 e. The number of urea groups is 1. The normalized spacial score (nSPS) is 9.62. The van der Waals surface area contributed by atoms with Crippen LogP contribution in [0.5, 0.6) is 0 Å². The van der Waals surface area contributed by atoms with Crippen molar-refractivity contribution in [3.8, 4) is 0 Å². The molecule has 0 aromatic heterocycles. The first-order valence-corrected chi connectivity index (χ1v) is 5.45. The predicted octanol–water partition coefficient (Wildman–Crippen LogP) is 2.14. The summed E-state index contributed by atoms with van der Waals surface area (Å²) in [5, 5.41) is 4.61. The van der Waals surface area contributed by atoms with Crippen LogP contribution < -0.4 is 10.6 Å². The van der Waals surface area contributed by atoms with Crippen molar-refractivity contribution >= 4 is 29.2 Å². The summed E-state index contributed by atoms with van der Waals surface area (Å²) in [7, 11) is 0. The summed E-state index contributed by atoms with van der Waals surface area (Å²) < 4.78 is 0. The average molecular weight is 241 g/mol. The van der Waals surface area contributed by atoms with Crippen LogP contribution in [0.15, 0.2) is 24.3 Å². The Morgan fingerprint density at radius 2 is 1.88 bits per heavy atom. The summed E-state index contributed by atoms with van der Waals surface area (Å²) in [6.07, 6.45) is 0.942. The van der Waals surface area contributed by atoms with E-state index in [0.29, 0.717) is 5.69 Å². The van der Waals surface area contributed by atoms with E-state index in [1.54, 1.807) is 12.1 Å². The Balaban J connectivity index is 2.52. The molecule has 0 bridgehead atoms. The van der Waals surface area contributed by atoms with Crippen LogP contribution in [0.3, 0.4) is 0 Å². The fourth-order valence-corrected chi connectivity index (χ4v) is 1.21. The summed E-state index contributed by atoms with van der Waals surface area (Å²) in [5.41, 5.74) is 1.82. The summed E-state index contributed by atoms with van der Waals surface area (Å²) in [5.74, 6) is -0.758. The second kappa shape index (κ2) is 6.12. The minimum absolute atomic E-state index is 0.234. The van der Waals surface area contributed by atoms with Crippen LogP contribution in [0.4, 0.5) is 10.5 Å². The maximum absolute atomic E-state index is 11.2. The number of benzene rings is 1. The minimum atomic E-state index is -0.574. The number of rotatable bonds is 3. The van der Waals surface area contributed by atoms with Gasteiger partial charge in [-0.3, -0.25) is 10.1 Å². The number of hydrogen-bond donors (Lipinski definition) is 2. The summed E-state index contributed by atoms with van der Waals surface area (Å²) in [6.45, 7) is 2.05. The lowest BCUT2D eigenvalue weighted by molar-refractivity contribution is -0.117. The highest BCUT2D eigenvalue weighted by Crippen LogP contribution is 2.09. The smallest absolute Gasteiger partial charge is 0.308 e. The molecule has 2 N–H and O–H groups in total. The van der Waals surface area contributed by atoms with Crippen molar-refractivity contribution in [1.82, 2.24) is 5.32 Å². The van der Waals surface area contributed by atoms with Crippen LogP contribution in [0.1, 0.15) is 12.5 Å². The molecule has 0 aliphatic carbocycles. The lowest BCUT2D eigenvalue weighted by Gasteiger charge is -2.05. The molecular weight excluding hydrogens is 228 g/mol. The molecule has 1 aromatic rings. The van der Waals surface area contributed by atoms with Gasteiger partial charge >= 0.3 is 6.03 Å². The molecule has 0 atom stereocenters. The number of anilines is 1. The van der Waals surface area contributed by atoms with Crippen molar-refractivity contribution in [2.45, 2.75) is 13.3 Å². The molecule has 3 amide bonds. The maximum atomic E-state index is 11.2. The molecule has 0 heterocycles. The zero-order valence-electron chi connectivity index (χ0n) is 8.92. The number of carbonyl (C=O) groups is 2. The predicted molar refractivity (Wildman–Crippen MR) is 63.7 cm³/mol. The van der Waals surface area contributed by atoms with Gasteiger partial charge in [-0.25, -0.2) is 4.79 Å². The number of alkyl halides is 1. The average Bonchev–Trinajstić information content (AvgIpc) is 2.29. The summed E-state index contributed by atoms with van der Waals surface area (Å²) >= 11 is 5.25. The van der Waals surface area contributed by atoms with Gasteiger partial charge in [0.25, 0.3) is 0 Å². The Morgan fingerprint density at radius 3 is 2.38 bits per heavy atom. The number of hydrogen-bond acceptors (Lipinski definition) is 2.